The maximum atomic E-state index is 12.6. The van der Waals surface area contributed by atoms with Crippen LogP contribution < -0.4 is 0 Å². The molecule has 0 N–H and O–H groups in total. The van der Waals surface area contributed by atoms with E-state index in [9.17, 15) is 8.78 Å². The average molecular weight is 149 g/mol. The second-order valence-corrected chi connectivity index (χ2v) is 2.56. The van der Waals surface area contributed by atoms with E-state index in [1.165, 1.54) is 0 Å². The molecule has 0 nitrogen and oxygen atoms in total. The number of halogens is 2. The summed E-state index contributed by atoms with van der Waals surface area (Å²) in [7, 11) is 0. The van der Waals surface area contributed by atoms with Crippen molar-refractivity contribution in [2.45, 2.75) is 45.0 Å². The van der Waals surface area contributed by atoms with Gasteiger partial charge in [0.1, 0.15) is 0 Å². The lowest BCUT2D eigenvalue weighted by Gasteiger charge is -2.13. The Balaban J connectivity index is 3.42. The van der Waals surface area contributed by atoms with Crippen LogP contribution in [0.4, 0.5) is 8.78 Å². The van der Waals surface area contributed by atoms with E-state index in [-0.39, 0.29) is 12.8 Å². The van der Waals surface area contributed by atoms with E-state index in [0.717, 1.165) is 6.42 Å². The molecule has 61 valence electrons. The Kier molecular flexibility index (Phi) is 4.58. The molecular weight excluding hydrogens is 134 g/mol. The Morgan fingerprint density at radius 2 is 1.90 bits per heavy atom. The van der Waals surface area contributed by atoms with Crippen LogP contribution in [0.2, 0.25) is 0 Å². The van der Waals surface area contributed by atoms with Crippen molar-refractivity contribution < 1.29 is 8.78 Å². The lowest BCUT2D eigenvalue weighted by atomic mass is 10.1. The molecule has 1 radical (unpaired) electrons. The summed E-state index contributed by atoms with van der Waals surface area (Å²) in [4.78, 5) is 0. The van der Waals surface area contributed by atoms with Gasteiger partial charge in [-0.15, -0.1) is 0 Å². The van der Waals surface area contributed by atoms with Gasteiger partial charge in [0, 0.05) is 12.8 Å². The molecule has 0 amide bonds. The zero-order valence-corrected chi connectivity index (χ0v) is 6.50. The normalized spacial score (nSPS) is 12.0. The zero-order valence-electron chi connectivity index (χ0n) is 6.50. The minimum Gasteiger partial charge on any atom is -0.207 e. The molecule has 0 aliphatic rings. The van der Waals surface area contributed by atoms with Gasteiger partial charge in [-0.05, 0) is 12.8 Å². The third kappa shape index (κ3) is 4.71. The van der Waals surface area contributed by atoms with E-state index in [2.05, 4.69) is 6.92 Å². The van der Waals surface area contributed by atoms with E-state index >= 15 is 0 Å². The van der Waals surface area contributed by atoms with Crippen LogP contribution in [0, 0.1) is 6.92 Å². The first-order chi connectivity index (χ1) is 4.62. The van der Waals surface area contributed by atoms with Crippen LogP contribution in [0.25, 0.3) is 0 Å². The Bertz CT molecular complexity index is 79.3. The van der Waals surface area contributed by atoms with Gasteiger partial charge < -0.3 is 0 Å². The minimum absolute atomic E-state index is 0.0268. The minimum atomic E-state index is -2.46. The van der Waals surface area contributed by atoms with Crippen LogP contribution in [0.3, 0.4) is 0 Å². The van der Waals surface area contributed by atoms with Gasteiger partial charge in [0.15, 0.2) is 0 Å². The van der Waals surface area contributed by atoms with Gasteiger partial charge in [0.25, 0.3) is 0 Å². The van der Waals surface area contributed by atoms with Crippen LogP contribution in [0.5, 0.6) is 0 Å². The van der Waals surface area contributed by atoms with Crippen molar-refractivity contribution in [1.82, 2.24) is 0 Å². The number of hydrogen-bond acceptors (Lipinski definition) is 0. The first-order valence-corrected chi connectivity index (χ1v) is 3.79. The van der Waals surface area contributed by atoms with E-state index in [0.29, 0.717) is 12.8 Å². The molecule has 0 spiro atoms. The smallest absolute Gasteiger partial charge is 0.207 e. The molecule has 0 heterocycles. The lowest BCUT2D eigenvalue weighted by molar-refractivity contribution is -0.0172. The summed E-state index contributed by atoms with van der Waals surface area (Å²) >= 11 is 0. The zero-order chi connectivity index (χ0) is 8.04. The summed E-state index contributed by atoms with van der Waals surface area (Å²) in [5.74, 6) is -2.46. The van der Waals surface area contributed by atoms with Gasteiger partial charge in [0.05, 0.1) is 0 Å². The van der Waals surface area contributed by atoms with Crippen molar-refractivity contribution in [3.8, 4) is 0 Å². The molecule has 0 fully saturated rings. The molecule has 0 atom stereocenters. The molecule has 0 aromatic heterocycles. The van der Waals surface area contributed by atoms with Crippen LogP contribution >= 0.6 is 0 Å². The monoisotopic (exact) mass is 149 g/mol. The van der Waals surface area contributed by atoms with Gasteiger partial charge in [-0.3, -0.25) is 0 Å². The molecule has 0 saturated heterocycles. The van der Waals surface area contributed by atoms with E-state index < -0.39 is 5.92 Å². The van der Waals surface area contributed by atoms with Crippen molar-refractivity contribution >= 4 is 0 Å². The van der Waals surface area contributed by atoms with Crippen molar-refractivity contribution in [3.05, 3.63) is 6.92 Å². The largest absolute Gasteiger partial charge is 0.248 e. The Morgan fingerprint density at radius 3 is 2.30 bits per heavy atom. The Hall–Kier alpha value is -0.140. The van der Waals surface area contributed by atoms with Gasteiger partial charge in [-0.25, -0.2) is 8.78 Å². The maximum absolute atomic E-state index is 12.6. The molecule has 0 aliphatic heterocycles. The van der Waals surface area contributed by atoms with Gasteiger partial charge >= 0.3 is 0 Å². The molecule has 2 heteroatoms. The van der Waals surface area contributed by atoms with Crippen LogP contribution in [-0.4, -0.2) is 5.92 Å². The first-order valence-electron chi connectivity index (χ1n) is 3.79. The topological polar surface area (TPSA) is 0 Å². The fourth-order valence-electron chi connectivity index (χ4n) is 0.819. The molecule has 0 aromatic carbocycles. The first kappa shape index (κ1) is 9.86. The van der Waals surface area contributed by atoms with Crippen LogP contribution in [0.1, 0.15) is 39.0 Å². The number of rotatable bonds is 5. The Morgan fingerprint density at radius 1 is 1.30 bits per heavy atom. The van der Waals surface area contributed by atoms with Gasteiger partial charge in [-0.2, -0.15) is 0 Å². The summed E-state index contributed by atoms with van der Waals surface area (Å²) in [6.45, 7) is 5.32. The summed E-state index contributed by atoms with van der Waals surface area (Å²) < 4.78 is 25.1. The SMILES string of the molecule is [CH2]CCC(F)(F)CCCC. The van der Waals surface area contributed by atoms with Crippen LogP contribution in [0.15, 0.2) is 0 Å². The van der Waals surface area contributed by atoms with Gasteiger partial charge in [-0.1, -0.05) is 20.3 Å². The number of alkyl halides is 2. The maximum Gasteiger partial charge on any atom is 0.248 e. The summed E-state index contributed by atoms with van der Waals surface area (Å²) in [5, 5.41) is 0. The third-order valence-corrected chi connectivity index (χ3v) is 1.44. The van der Waals surface area contributed by atoms with Crippen molar-refractivity contribution in [1.29, 1.82) is 0 Å². The molecule has 0 bridgehead atoms. The van der Waals surface area contributed by atoms with Gasteiger partial charge in [0.2, 0.25) is 5.92 Å². The summed E-state index contributed by atoms with van der Waals surface area (Å²) in [6, 6.07) is 0. The molecule has 0 saturated carbocycles. The highest BCUT2D eigenvalue weighted by atomic mass is 19.3. The number of hydrogen-bond donors (Lipinski definition) is 0. The van der Waals surface area contributed by atoms with E-state index in [1.807, 2.05) is 6.92 Å². The third-order valence-electron chi connectivity index (χ3n) is 1.44. The van der Waals surface area contributed by atoms with Crippen LogP contribution in [-0.2, 0) is 0 Å². The lowest BCUT2D eigenvalue weighted by Crippen LogP contribution is -2.14. The fraction of sp³-hybridized carbons (Fsp3) is 0.875. The van der Waals surface area contributed by atoms with E-state index in [1.54, 1.807) is 0 Å². The molecule has 10 heavy (non-hydrogen) atoms. The standard InChI is InChI=1S/C8H15F2/c1-3-5-7-8(9,10)6-4-2/h2-7H2,1H3. The number of unbranched alkanes of at least 4 members (excludes halogenated alkanes) is 1. The molecule has 0 rings (SSSR count). The van der Waals surface area contributed by atoms with Crippen molar-refractivity contribution in [3.63, 3.8) is 0 Å². The highest BCUT2D eigenvalue weighted by molar-refractivity contribution is 4.65. The summed E-state index contributed by atoms with van der Waals surface area (Å²) in [5.41, 5.74) is 0. The average Bonchev–Trinajstić information content (AvgIpc) is 1.84. The molecule has 0 aliphatic carbocycles. The summed E-state index contributed by atoms with van der Waals surface area (Å²) in [6.07, 6.45) is 1.75. The molecule has 0 unspecified atom stereocenters. The van der Waals surface area contributed by atoms with E-state index in [4.69, 9.17) is 0 Å². The second-order valence-electron chi connectivity index (χ2n) is 2.56. The molecule has 0 aromatic rings. The van der Waals surface area contributed by atoms with Crippen molar-refractivity contribution in [2.24, 2.45) is 0 Å². The highest BCUT2D eigenvalue weighted by Gasteiger charge is 2.25. The van der Waals surface area contributed by atoms with Crippen molar-refractivity contribution in [2.75, 3.05) is 0 Å². The Labute approximate surface area is 61.6 Å². The fourth-order valence-corrected chi connectivity index (χ4v) is 0.819. The second kappa shape index (κ2) is 4.64. The highest BCUT2D eigenvalue weighted by Crippen LogP contribution is 2.26. The quantitative estimate of drug-likeness (QED) is 0.561. The predicted molar refractivity (Wildman–Crippen MR) is 39.1 cm³/mol. The molecular formula is C8H15F2. The predicted octanol–water partition coefficient (Wildman–Crippen LogP) is 3.43.